The SMILES string of the molecule is CCCC(C[C@](C)(CC)CCC(O)CC)C(CCCC(C)=O)C(C)(C)C(=O)CC. The first-order valence-corrected chi connectivity index (χ1v) is 12.2. The first-order chi connectivity index (χ1) is 13.5. The van der Waals surface area contributed by atoms with Gasteiger partial charge in [0.2, 0.25) is 0 Å². The molecule has 0 aromatic rings. The van der Waals surface area contributed by atoms with E-state index in [0.29, 0.717) is 30.5 Å². The van der Waals surface area contributed by atoms with Crippen LogP contribution in [0.15, 0.2) is 0 Å². The average Bonchev–Trinajstić information content (AvgIpc) is 2.68. The molecule has 172 valence electrons. The van der Waals surface area contributed by atoms with Crippen LogP contribution in [0.4, 0.5) is 0 Å². The van der Waals surface area contributed by atoms with Crippen molar-refractivity contribution < 1.29 is 14.7 Å². The Bertz CT molecular complexity index is 482. The van der Waals surface area contributed by atoms with Gasteiger partial charge >= 0.3 is 0 Å². The number of ketones is 2. The minimum Gasteiger partial charge on any atom is -0.393 e. The van der Waals surface area contributed by atoms with E-state index in [1.807, 2.05) is 13.8 Å². The third-order valence-corrected chi connectivity index (χ3v) is 7.40. The van der Waals surface area contributed by atoms with Gasteiger partial charge in [0.05, 0.1) is 6.10 Å². The van der Waals surface area contributed by atoms with Crippen molar-refractivity contribution in [2.24, 2.45) is 22.7 Å². The maximum absolute atomic E-state index is 12.9. The van der Waals surface area contributed by atoms with Crippen molar-refractivity contribution >= 4 is 11.6 Å². The number of rotatable bonds is 17. The number of aliphatic hydroxyl groups is 1. The van der Waals surface area contributed by atoms with Gasteiger partial charge < -0.3 is 9.90 Å². The largest absolute Gasteiger partial charge is 0.393 e. The molecule has 0 spiro atoms. The molecule has 3 unspecified atom stereocenters. The van der Waals surface area contributed by atoms with Gasteiger partial charge in [-0.05, 0) is 62.7 Å². The van der Waals surface area contributed by atoms with Gasteiger partial charge in [0.15, 0.2) is 0 Å². The van der Waals surface area contributed by atoms with Gasteiger partial charge in [-0.3, -0.25) is 4.79 Å². The summed E-state index contributed by atoms with van der Waals surface area (Å²) < 4.78 is 0. The number of aliphatic hydroxyl groups excluding tert-OH is 1. The summed E-state index contributed by atoms with van der Waals surface area (Å²) in [5.41, 5.74) is -0.177. The molecule has 0 aromatic carbocycles. The molecule has 0 aliphatic rings. The Kier molecular flexibility index (Phi) is 13.2. The van der Waals surface area contributed by atoms with E-state index in [1.54, 1.807) is 6.92 Å². The summed E-state index contributed by atoms with van der Waals surface area (Å²) in [6, 6.07) is 0. The van der Waals surface area contributed by atoms with Crippen molar-refractivity contribution in [3.8, 4) is 0 Å². The van der Waals surface area contributed by atoms with E-state index in [4.69, 9.17) is 0 Å². The summed E-state index contributed by atoms with van der Waals surface area (Å²) >= 11 is 0. The zero-order valence-corrected chi connectivity index (χ0v) is 20.8. The molecule has 0 aromatic heterocycles. The van der Waals surface area contributed by atoms with Crippen LogP contribution in [0.2, 0.25) is 0 Å². The Balaban J connectivity index is 5.67. The standard InChI is InChI=1S/C26H50O3/c1-9-14-21(19-26(8,12-4)18-17-22(28)10-2)23(16-13-15-20(5)27)25(6,7)24(29)11-3/h21-23,28H,9-19H2,1-8H3/t21?,22?,23?,26-/m1/s1. The molecule has 0 bridgehead atoms. The molecule has 0 amide bonds. The highest BCUT2D eigenvalue weighted by atomic mass is 16.3. The Morgan fingerprint density at radius 2 is 1.59 bits per heavy atom. The second-order valence-electron chi connectivity index (χ2n) is 10.2. The van der Waals surface area contributed by atoms with Crippen LogP contribution in [0.3, 0.4) is 0 Å². The monoisotopic (exact) mass is 410 g/mol. The minimum absolute atomic E-state index is 0.181. The third kappa shape index (κ3) is 9.77. The van der Waals surface area contributed by atoms with Crippen LogP contribution in [0.5, 0.6) is 0 Å². The summed E-state index contributed by atoms with van der Waals surface area (Å²) in [5, 5.41) is 10.1. The molecule has 0 fully saturated rings. The minimum atomic E-state index is -0.358. The van der Waals surface area contributed by atoms with Crippen LogP contribution in [0.25, 0.3) is 0 Å². The van der Waals surface area contributed by atoms with Gasteiger partial charge in [0, 0.05) is 18.3 Å². The molecule has 0 aliphatic heterocycles. The van der Waals surface area contributed by atoms with Crippen LogP contribution >= 0.6 is 0 Å². The molecule has 0 radical (unpaired) electrons. The molecule has 3 nitrogen and oxygen atoms in total. The lowest BCUT2D eigenvalue weighted by atomic mass is 9.61. The van der Waals surface area contributed by atoms with Crippen LogP contribution in [-0.4, -0.2) is 22.8 Å². The average molecular weight is 411 g/mol. The van der Waals surface area contributed by atoms with Crippen molar-refractivity contribution in [3.63, 3.8) is 0 Å². The van der Waals surface area contributed by atoms with Gasteiger partial charge in [-0.2, -0.15) is 0 Å². The van der Waals surface area contributed by atoms with Gasteiger partial charge in [-0.15, -0.1) is 0 Å². The molecule has 0 saturated carbocycles. The fourth-order valence-electron chi connectivity index (χ4n) is 5.01. The molecule has 0 saturated heterocycles. The van der Waals surface area contributed by atoms with Crippen LogP contribution < -0.4 is 0 Å². The van der Waals surface area contributed by atoms with Crippen molar-refractivity contribution in [1.29, 1.82) is 0 Å². The van der Waals surface area contributed by atoms with Crippen LogP contribution in [0, 0.1) is 22.7 Å². The van der Waals surface area contributed by atoms with Gasteiger partial charge in [-0.25, -0.2) is 0 Å². The smallest absolute Gasteiger partial charge is 0.138 e. The summed E-state index contributed by atoms with van der Waals surface area (Å²) in [6.45, 7) is 16.8. The van der Waals surface area contributed by atoms with Crippen molar-refractivity contribution in [2.45, 2.75) is 132 Å². The van der Waals surface area contributed by atoms with E-state index >= 15 is 0 Å². The number of hydrogen-bond donors (Lipinski definition) is 1. The molecule has 4 atom stereocenters. The van der Waals surface area contributed by atoms with Gasteiger partial charge in [-0.1, -0.05) is 67.7 Å². The van der Waals surface area contributed by atoms with E-state index in [2.05, 4.69) is 34.6 Å². The molecule has 0 rings (SSSR count). The first kappa shape index (κ1) is 28.3. The molecular formula is C26H50O3. The van der Waals surface area contributed by atoms with E-state index in [1.165, 1.54) is 0 Å². The number of Topliss-reactive ketones (excluding diaryl/α,β-unsaturated/α-hetero) is 2. The molecular weight excluding hydrogens is 360 g/mol. The predicted octanol–water partition coefficient (Wildman–Crippen LogP) is 7.14. The third-order valence-electron chi connectivity index (χ3n) is 7.40. The molecule has 0 heterocycles. The highest BCUT2D eigenvalue weighted by Crippen LogP contribution is 2.46. The summed E-state index contributed by atoms with van der Waals surface area (Å²) in [7, 11) is 0. The summed E-state index contributed by atoms with van der Waals surface area (Å²) in [5.74, 6) is 1.35. The fourth-order valence-corrected chi connectivity index (χ4v) is 5.01. The lowest BCUT2D eigenvalue weighted by molar-refractivity contribution is -0.131. The van der Waals surface area contributed by atoms with Crippen molar-refractivity contribution in [1.82, 2.24) is 0 Å². The Morgan fingerprint density at radius 1 is 0.966 bits per heavy atom. The Morgan fingerprint density at radius 3 is 2.03 bits per heavy atom. The van der Waals surface area contributed by atoms with Gasteiger partial charge in [0.25, 0.3) is 0 Å². The lowest BCUT2D eigenvalue weighted by Gasteiger charge is -2.43. The predicted molar refractivity (Wildman–Crippen MR) is 124 cm³/mol. The number of hydrogen-bond acceptors (Lipinski definition) is 3. The van der Waals surface area contributed by atoms with E-state index in [-0.39, 0.29) is 22.7 Å². The van der Waals surface area contributed by atoms with E-state index in [0.717, 1.165) is 57.8 Å². The maximum Gasteiger partial charge on any atom is 0.138 e. The van der Waals surface area contributed by atoms with Crippen LogP contribution in [0.1, 0.15) is 126 Å². The number of carbonyl (C=O) groups excluding carboxylic acids is 2. The summed E-state index contributed by atoms with van der Waals surface area (Å²) in [6.07, 6.45) is 9.90. The first-order valence-electron chi connectivity index (χ1n) is 12.2. The van der Waals surface area contributed by atoms with Crippen LogP contribution in [-0.2, 0) is 9.59 Å². The Labute approximate surface area is 181 Å². The number of carbonyl (C=O) groups is 2. The second-order valence-corrected chi connectivity index (χ2v) is 10.2. The molecule has 1 N–H and O–H groups in total. The van der Waals surface area contributed by atoms with Crippen molar-refractivity contribution in [2.75, 3.05) is 0 Å². The van der Waals surface area contributed by atoms with E-state index in [9.17, 15) is 14.7 Å². The van der Waals surface area contributed by atoms with Crippen molar-refractivity contribution in [3.05, 3.63) is 0 Å². The van der Waals surface area contributed by atoms with Gasteiger partial charge in [0.1, 0.15) is 11.6 Å². The summed E-state index contributed by atoms with van der Waals surface area (Å²) in [4.78, 5) is 24.4. The highest BCUT2D eigenvalue weighted by Gasteiger charge is 2.41. The zero-order chi connectivity index (χ0) is 22.7. The highest BCUT2D eigenvalue weighted by molar-refractivity contribution is 5.84. The quantitative estimate of drug-likeness (QED) is 0.277. The molecule has 29 heavy (non-hydrogen) atoms. The normalized spacial score (nSPS) is 17.4. The zero-order valence-electron chi connectivity index (χ0n) is 20.8. The Hall–Kier alpha value is -0.700. The lowest BCUT2D eigenvalue weighted by Crippen LogP contribution is -2.39. The second kappa shape index (κ2) is 13.6. The molecule has 0 aliphatic carbocycles. The van der Waals surface area contributed by atoms with E-state index < -0.39 is 0 Å². The molecule has 3 heteroatoms. The maximum atomic E-state index is 12.9. The fraction of sp³-hybridized carbons (Fsp3) is 0.923. The topological polar surface area (TPSA) is 54.4 Å².